The molecule has 1 aromatic heterocycles. The summed E-state index contributed by atoms with van der Waals surface area (Å²) in [6.07, 6.45) is 0.848. The number of aryl methyl sites for hydroxylation is 2. The van der Waals surface area contributed by atoms with Gasteiger partial charge in [-0.05, 0) is 31.0 Å². The molecule has 1 N–H and O–H groups in total. The molecule has 0 bridgehead atoms. The van der Waals surface area contributed by atoms with Crippen LogP contribution in [0.1, 0.15) is 18.2 Å². The molecule has 0 amide bonds. The zero-order chi connectivity index (χ0) is 11.7. The zero-order valence-corrected chi connectivity index (χ0v) is 9.76. The number of pyridine rings is 1. The van der Waals surface area contributed by atoms with E-state index in [1.807, 2.05) is 19.9 Å². The largest absolute Gasteiger partial charge is 0.387 e. The molecule has 0 atom stereocenters. The molecular formula is C13H15FN2. The molecule has 1 aromatic carbocycles. The van der Waals surface area contributed by atoms with Crippen molar-refractivity contribution in [2.24, 2.45) is 0 Å². The van der Waals surface area contributed by atoms with E-state index in [0.29, 0.717) is 5.39 Å². The lowest BCUT2D eigenvalue weighted by molar-refractivity contribution is 0.639. The Morgan fingerprint density at radius 2 is 2.12 bits per heavy atom. The number of aromatic nitrogens is 1. The topological polar surface area (TPSA) is 24.9 Å². The first-order valence-electron chi connectivity index (χ1n) is 5.43. The van der Waals surface area contributed by atoms with Crippen LogP contribution in [0.3, 0.4) is 0 Å². The Labute approximate surface area is 94.5 Å². The van der Waals surface area contributed by atoms with Crippen LogP contribution in [0.4, 0.5) is 10.1 Å². The number of halogens is 1. The van der Waals surface area contributed by atoms with Gasteiger partial charge < -0.3 is 5.32 Å². The average molecular weight is 218 g/mol. The quantitative estimate of drug-likeness (QED) is 0.836. The second kappa shape index (κ2) is 4.08. The van der Waals surface area contributed by atoms with E-state index in [2.05, 4.69) is 10.3 Å². The maximum atomic E-state index is 13.8. The van der Waals surface area contributed by atoms with E-state index in [4.69, 9.17) is 0 Å². The van der Waals surface area contributed by atoms with Gasteiger partial charge in [0.15, 0.2) is 0 Å². The third kappa shape index (κ3) is 1.62. The predicted octanol–water partition coefficient (Wildman–Crippen LogP) is 3.29. The van der Waals surface area contributed by atoms with E-state index in [-0.39, 0.29) is 5.82 Å². The first kappa shape index (κ1) is 10.9. The van der Waals surface area contributed by atoms with Crippen molar-refractivity contribution >= 4 is 16.6 Å². The molecule has 2 aromatic rings. The Bertz CT molecular complexity index is 535. The predicted molar refractivity (Wildman–Crippen MR) is 65.4 cm³/mol. The molecule has 0 aliphatic heterocycles. The highest BCUT2D eigenvalue weighted by molar-refractivity contribution is 5.93. The maximum Gasteiger partial charge on any atom is 0.134 e. The molecule has 0 radical (unpaired) electrons. The number of nitrogens with one attached hydrogen (secondary N) is 1. The van der Waals surface area contributed by atoms with E-state index < -0.39 is 0 Å². The first-order valence-corrected chi connectivity index (χ1v) is 5.43. The summed E-state index contributed by atoms with van der Waals surface area (Å²) >= 11 is 0. The van der Waals surface area contributed by atoms with Crippen molar-refractivity contribution in [2.45, 2.75) is 20.3 Å². The monoisotopic (exact) mass is 218 g/mol. The Hall–Kier alpha value is -1.64. The Morgan fingerprint density at radius 1 is 1.38 bits per heavy atom. The van der Waals surface area contributed by atoms with Gasteiger partial charge in [-0.15, -0.1) is 0 Å². The van der Waals surface area contributed by atoms with Crippen LogP contribution < -0.4 is 5.32 Å². The second-order valence-electron chi connectivity index (χ2n) is 3.85. The standard InChI is InChI=1S/C13H15FN2/c1-4-9-7-11(15-3)12-10(14)6-5-8(2)13(12)16-9/h5-7H,4H2,1-3H3,(H,15,16). The fourth-order valence-corrected chi connectivity index (χ4v) is 1.86. The van der Waals surface area contributed by atoms with Crippen LogP contribution in [0, 0.1) is 12.7 Å². The van der Waals surface area contributed by atoms with E-state index in [0.717, 1.165) is 28.9 Å². The SMILES string of the molecule is CCc1cc(NC)c2c(F)ccc(C)c2n1. The molecule has 84 valence electrons. The minimum Gasteiger partial charge on any atom is -0.387 e. The van der Waals surface area contributed by atoms with Gasteiger partial charge in [-0.25, -0.2) is 4.39 Å². The van der Waals surface area contributed by atoms with Crippen LogP contribution in [0.25, 0.3) is 10.9 Å². The number of hydrogen-bond donors (Lipinski definition) is 1. The lowest BCUT2D eigenvalue weighted by Crippen LogP contribution is -1.98. The second-order valence-corrected chi connectivity index (χ2v) is 3.85. The van der Waals surface area contributed by atoms with E-state index in [1.165, 1.54) is 6.07 Å². The Kier molecular flexibility index (Phi) is 2.77. The minimum atomic E-state index is -0.222. The molecule has 0 aliphatic carbocycles. The van der Waals surface area contributed by atoms with E-state index >= 15 is 0 Å². The lowest BCUT2D eigenvalue weighted by atomic mass is 10.1. The van der Waals surface area contributed by atoms with Gasteiger partial charge in [0.2, 0.25) is 0 Å². The van der Waals surface area contributed by atoms with Crippen LogP contribution >= 0.6 is 0 Å². The van der Waals surface area contributed by atoms with Gasteiger partial charge in [0.05, 0.1) is 10.9 Å². The van der Waals surface area contributed by atoms with Crippen molar-refractivity contribution in [1.82, 2.24) is 4.98 Å². The summed E-state index contributed by atoms with van der Waals surface area (Å²) in [5.74, 6) is -0.222. The fourth-order valence-electron chi connectivity index (χ4n) is 1.86. The third-order valence-corrected chi connectivity index (χ3v) is 2.80. The zero-order valence-electron chi connectivity index (χ0n) is 9.76. The Morgan fingerprint density at radius 3 is 2.75 bits per heavy atom. The average Bonchev–Trinajstić information content (AvgIpc) is 2.32. The molecule has 16 heavy (non-hydrogen) atoms. The summed E-state index contributed by atoms with van der Waals surface area (Å²) < 4.78 is 13.8. The normalized spacial score (nSPS) is 10.8. The van der Waals surface area contributed by atoms with Crippen LogP contribution in [0.2, 0.25) is 0 Å². The van der Waals surface area contributed by atoms with Gasteiger partial charge in [-0.2, -0.15) is 0 Å². The van der Waals surface area contributed by atoms with Crippen molar-refractivity contribution in [3.8, 4) is 0 Å². The van der Waals surface area contributed by atoms with Gasteiger partial charge >= 0.3 is 0 Å². The number of hydrogen-bond acceptors (Lipinski definition) is 2. The molecule has 0 saturated carbocycles. The van der Waals surface area contributed by atoms with Gasteiger partial charge in [-0.3, -0.25) is 4.98 Å². The van der Waals surface area contributed by atoms with Crippen molar-refractivity contribution in [1.29, 1.82) is 0 Å². The molecule has 0 spiro atoms. The lowest BCUT2D eigenvalue weighted by Gasteiger charge is -2.10. The van der Waals surface area contributed by atoms with E-state index in [9.17, 15) is 4.39 Å². The molecule has 0 fully saturated rings. The van der Waals surface area contributed by atoms with Crippen LogP contribution in [-0.4, -0.2) is 12.0 Å². The van der Waals surface area contributed by atoms with Gasteiger partial charge in [0, 0.05) is 18.4 Å². The summed E-state index contributed by atoms with van der Waals surface area (Å²) in [6.45, 7) is 4.00. The molecule has 0 saturated heterocycles. The number of rotatable bonds is 2. The number of anilines is 1. The van der Waals surface area contributed by atoms with Crippen molar-refractivity contribution in [2.75, 3.05) is 12.4 Å². The molecule has 3 heteroatoms. The highest BCUT2D eigenvalue weighted by Crippen LogP contribution is 2.28. The summed E-state index contributed by atoms with van der Waals surface area (Å²) in [4.78, 5) is 4.48. The van der Waals surface area contributed by atoms with Gasteiger partial charge in [0.25, 0.3) is 0 Å². The van der Waals surface area contributed by atoms with E-state index in [1.54, 1.807) is 13.1 Å². The summed E-state index contributed by atoms with van der Waals surface area (Å²) in [7, 11) is 1.80. The highest BCUT2D eigenvalue weighted by atomic mass is 19.1. The maximum absolute atomic E-state index is 13.8. The van der Waals surface area contributed by atoms with Crippen molar-refractivity contribution < 1.29 is 4.39 Å². The summed E-state index contributed by atoms with van der Waals surface area (Å²) in [5.41, 5.74) is 3.54. The smallest absolute Gasteiger partial charge is 0.134 e. The fraction of sp³-hybridized carbons (Fsp3) is 0.308. The minimum absolute atomic E-state index is 0.222. The number of benzene rings is 1. The molecule has 2 rings (SSSR count). The third-order valence-electron chi connectivity index (χ3n) is 2.80. The highest BCUT2D eigenvalue weighted by Gasteiger charge is 2.10. The summed E-state index contributed by atoms with van der Waals surface area (Å²) in [6, 6.07) is 5.17. The molecular weight excluding hydrogens is 203 g/mol. The number of fused-ring (bicyclic) bond motifs is 1. The molecule has 0 unspecified atom stereocenters. The molecule has 2 nitrogen and oxygen atoms in total. The van der Waals surface area contributed by atoms with Crippen molar-refractivity contribution in [3.63, 3.8) is 0 Å². The Balaban J connectivity index is 2.88. The van der Waals surface area contributed by atoms with Gasteiger partial charge in [-0.1, -0.05) is 13.0 Å². The van der Waals surface area contributed by atoms with Crippen molar-refractivity contribution in [3.05, 3.63) is 35.3 Å². The van der Waals surface area contributed by atoms with Gasteiger partial charge in [0.1, 0.15) is 5.82 Å². The first-order chi connectivity index (χ1) is 7.67. The summed E-state index contributed by atoms with van der Waals surface area (Å²) in [5, 5.41) is 3.62. The van der Waals surface area contributed by atoms with Crippen LogP contribution in [-0.2, 0) is 6.42 Å². The molecule has 0 aliphatic rings. The van der Waals surface area contributed by atoms with Crippen LogP contribution in [0.5, 0.6) is 0 Å². The van der Waals surface area contributed by atoms with Crippen LogP contribution in [0.15, 0.2) is 18.2 Å². The number of nitrogens with zero attached hydrogens (tertiary/aromatic N) is 1. The molecule has 1 heterocycles.